The molecule has 0 aliphatic heterocycles. The second-order valence-corrected chi connectivity index (χ2v) is 12.3. The number of aromatic nitrogens is 3. The van der Waals surface area contributed by atoms with Crippen molar-refractivity contribution in [2.75, 3.05) is 0 Å². The summed E-state index contributed by atoms with van der Waals surface area (Å²) < 4.78 is 1.94. The Morgan fingerprint density at radius 1 is 0.273 bits per heavy atom. The predicted molar refractivity (Wildman–Crippen MR) is 188 cm³/mol. The van der Waals surface area contributed by atoms with Gasteiger partial charge in [-0.1, -0.05) is 147 Å². The van der Waals surface area contributed by atoms with E-state index in [2.05, 4.69) is 129 Å². The fourth-order valence-corrected chi connectivity index (χ4v) is 6.02. The number of halogens is 2. The average Bonchev–Trinajstić information content (AvgIpc) is 3.09. The summed E-state index contributed by atoms with van der Waals surface area (Å²) in [6, 6.07) is 52.4. The second-order valence-electron chi connectivity index (χ2n) is 10.4. The van der Waals surface area contributed by atoms with Crippen LogP contribution in [-0.2, 0) is 0 Å². The van der Waals surface area contributed by atoms with Crippen molar-refractivity contribution < 1.29 is 0 Å². The molecular weight excluding hydrogens is 670 g/mol. The van der Waals surface area contributed by atoms with E-state index in [4.69, 9.17) is 15.0 Å². The minimum atomic E-state index is 0.626. The van der Waals surface area contributed by atoms with Gasteiger partial charge in [-0.15, -0.1) is 0 Å². The minimum Gasteiger partial charge on any atom is -0.208 e. The summed E-state index contributed by atoms with van der Waals surface area (Å²) in [4.78, 5) is 14.6. The van der Waals surface area contributed by atoms with Crippen LogP contribution in [0.1, 0.15) is 0 Å². The van der Waals surface area contributed by atoms with E-state index in [-0.39, 0.29) is 0 Å². The van der Waals surface area contributed by atoms with Gasteiger partial charge in [0.25, 0.3) is 0 Å². The van der Waals surface area contributed by atoms with Gasteiger partial charge in [-0.25, -0.2) is 15.0 Å². The Morgan fingerprint density at radius 3 is 1.09 bits per heavy atom. The third-order valence-corrected chi connectivity index (χ3v) is 8.43. The number of benzene rings is 6. The fraction of sp³-hybridized carbons (Fsp3) is 0. The number of hydrogen-bond donors (Lipinski definition) is 0. The summed E-state index contributed by atoms with van der Waals surface area (Å²) in [6.45, 7) is 0. The first-order valence-corrected chi connectivity index (χ1v) is 15.8. The molecule has 0 atom stereocenters. The normalized spacial score (nSPS) is 11.0. The highest BCUT2D eigenvalue weighted by Crippen LogP contribution is 2.32. The van der Waals surface area contributed by atoms with Crippen LogP contribution in [0.4, 0.5) is 0 Å². The van der Waals surface area contributed by atoms with Crippen LogP contribution in [0.5, 0.6) is 0 Å². The summed E-state index contributed by atoms with van der Waals surface area (Å²) >= 11 is 7.17. The highest BCUT2D eigenvalue weighted by atomic mass is 79.9. The average molecular weight is 695 g/mol. The molecule has 5 heteroatoms. The highest BCUT2D eigenvalue weighted by molar-refractivity contribution is 9.10. The van der Waals surface area contributed by atoms with Gasteiger partial charge in [-0.3, -0.25) is 0 Å². The molecule has 1 aromatic heterocycles. The van der Waals surface area contributed by atoms with E-state index in [0.717, 1.165) is 36.8 Å². The van der Waals surface area contributed by atoms with Gasteiger partial charge >= 0.3 is 0 Å². The first kappa shape index (κ1) is 28.1. The minimum absolute atomic E-state index is 0.626. The number of hydrogen-bond acceptors (Lipinski definition) is 3. The molecule has 6 aromatic carbocycles. The lowest BCUT2D eigenvalue weighted by molar-refractivity contribution is 1.07. The molecular formula is C39H25Br2N3. The van der Waals surface area contributed by atoms with Crippen LogP contribution in [0.25, 0.3) is 67.5 Å². The van der Waals surface area contributed by atoms with Crippen LogP contribution in [0.2, 0.25) is 0 Å². The molecule has 0 saturated heterocycles. The third-order valence-electron chi connectivity index (χ3n) is 7.44. The zero-order valence-electron chi connectivity index (χ0n) is 23.5. The quantitative estimate of drug-likeness (QED) is 0.174. The van der Waals surface area contributed by atoms with E-state index in [1.165, 1.54) is 22.3 Å². The molecule has 0 aliphatic carbocycles. The molecule has 0 amide bonds. The molecule has 0 saturated carbocycles. The molecule has 0 spiro atoms. The van der Waals surface area contributed by atoms with Crippen molar-refractivity contribution in [3.63, 3.8) is 0 Å². The van der Waals surface area contributed by atoms with Crippen molar-refractivity contribution in [1.82, 2.24) is 15.0 Å². The molecule has 7 aromatic rings. The molecule has 0 bridgehead atoms. The Hall–Kier alpha value is -4.71. The molecule has 0 fully saturated rings. The summed E-state index contributed by atoms with van der Waals surface area (Å²) in [5, 5.41) is 0. The Morgan fingerprint density at radius 2 is 0.614 bits per heavy atom. The zero-order chi connectivity index (χ0) is 29.9. The first-order chi connectivity index (χ1) is 21.6. The Bertz CT molecular complexity index is 2030. The first-order valence-electron chi connectivity index (χ1n) is 14.2. The summed E-state index contributed by atoms with van der Waals surface area (Å²) in [6.07, 6.45) is 0. The fourth-order valence-electron chi connectivity index (χ4n) is 5.22. The lowest BCUT2D eigenvalue weighted by Crippen LogP contribution is -2.00. The third kappa shape index (κ3) is 6.16. The van der Waals surface area contributed by atoms with Gasteiger partial charge in [0.15, 0.2) is 17.5 Å². The van der Waals surface area contributed by atoms with E-state index < -0.39 is 0 Å². The van der Waals surface area contributed by atoms with Crippen molar-refractivity contribution in [3.8, 4) is 67.5 Å². The Labute approximate surface area is 273 Å². The van der Waals surface area contributed by atoms with Gasteiger partial charge in [0, 0.05) is 25.6 Å². The Kier molecular flexibility index (Phi) is 7.97. The molecule has 0 unspecified atom stereocenters. The van der Waals surface area contributed by atoms with E-state index in [1.54, 1.807) is 0 Å². The van der Waals surface area contributed by atoms with Crippen molar-refractivity contribution in [2.45, 2.75) is 0 Å². The molecule has 210 valence electrons. The maximum atomic E-state index is 4.90. The van der Waals surface area contributed by atoms with Crippen molar-refractivity contribution in [2.24, 2.45) is 0 Å². The molecule has 44 heavy (non-hydrogen) atoms. The maximum Gasteiger partial charge on any atom is 0.164 e. The van der Waals surface area contributed by atoms with E-state index in [1.807, 2.05) is 54.6 Å². The lowest BCUT2D eigenvalue weighted by Gasteiger charge is -2.10. The van der Waals surface area contributed by atoms with Crippen LogP contribution in [0, 0.1) is 0 Å². The predicted octanol–water partition coefficient (Wildman–Crippen LogP) is 11.4. The summed E-state index contributed by atoms with van der Waals surface area (Å²) in [7, 11) is 0. The van der Waals surface area contributed by atoms with Gasteiger partial charge in [0.2, 0.25) is 0 Å². The smallest absolute Gasteiger partial charge is 0.164 e. The van der Waals surface area contributed by atoms with Crippen molar-refractivity contribution in [1.29, 1.82) is 0 Å². The summed E-state index contributed by atoms with van der Waals surface area (Å²) in [5.74, 6) is 1.88. The maximum absolute atomic E-state index is 4.90. The van der Waals surface area contributed by atoms with Gasteiger partial charge in [0.05, 0.1) is 0 Å². The monoisotopic (exact) mass is 693 g/mol. The highest BCUT2D eigenvalue weighted by Gasteiger charge is 2.13. The molecule has 1 heterocycles. The molecule has 0 N–H and O–H groups in total. The molecule has 3 nitrogen and oxygen atoms in total. The van der Waals surface area contributed by atoms with Crippen molar-refractivity contribution in [3.05, 3.63) is 161 Å². The number of rotatable bonds is 6. The van der Waals surface area contributed by atoms with Gasteiger partial charge in [-0.2, -0.15) is 0 Å². The largest absolute Gasteiger partial charge is 0.208 e. The SMILES string of the molecule is Brc1cccc(-c2nc(-c3ccc(-c4cccc(-c5cccc(-c6ccccc6)c5)c4)cc3)nc(-c3cccc(Br)c3)n2)c1. The van der Waals surface area contributed by atoms with Gasteiger partial charge < -0.3 is 0 Å². The zero-order valence-corrected chi connectivity index (χ0v) is 26.7. The Balaban J connectivity index is 1.23. The van der Waals surface area contributed by atoms with Crippen LogP contribution in [0.15, 0.2) is 161 Å². The van der Waals surface area contributed by atoms with Gasteiger partial charge in [-0.05, 0) is 69.8 Å². The van der Waals surface area contributed by atoms with Gasteiger partial charge in [0.1, 0.15) is 0 Å². The van der Waals surface area contributed by atoms with E-state index in [9.17, 15) is 0 Å². The van der Waals surface area contributed by atoms with Crippen LogP contribution in [0.3, 0.4) is 0 Å². The van der Waals surface area contributed by atoms with Crippen molar-refractivity contribution >= 4 is 31.9 Å². The number of nitrogens with zero attached hydrogens (tertiary/aromatic N) is 3. The lowest BCUT2D eigenvalue weighted by atomic mass is 9.96. The van der Waals surface area contributed by atoms with E-state index in [0.29, 0.717) is 17.5 Å². The topological polar surface area (TPSA) is 38.7 Å². The van der Waals surface area contributed by atoms with Crippen LogP contribution >= 0.6 is 31.9 Å². The van der Waals surface area contributed by atoms with Crippen LogP contribution < -0.4 is 0 Å². The second kappa shape index (κ2) is 12.5. The standard InChI is InChI=1S/C39H25Br2N3/c40-35-16-6-14-33(24-35)38-42-37(43-39(44-38)34-15-7-17-36(41)25-34)28-20-18-27(19-21-28)30-11-5-13-32(23-30)31-12-4-10-29(22-31)26-8-2-1-3-9-26/h1-25H. The molecule has 0 aliphatic rings. The van der Waals surface area contributed by atoms with Crippen LogP contribution in [-0.4, -0.2) is 15.0 Å². The summed E-state index contributed by atoms with van der Waals surface area (Å²) in [5.41, 5.74) is 9.84. The molecule has 0 radical (unpaired) electrons. The molecule has 7 rings (SSSR count). The van der Waals surface area contributed by atoms with E-state index >= 15 is 0 Å².